The van der Waals surface area contributed by atoms with E-state index in [0.29, 0.717) is 5.56 Å². The molecule has 0 bridgehead atoms. The van der Waals surface area contributed by atoms with Crippen molar-refractivity contribution in [1.82, 2.24) is 4.57 Å². The van der Waals surface area contributed by atoms with Crippen molar-refractivity contribution in [2.24, 2.45) is 0 Å². The average molecular weight is 344 g/mol. The van der Waals surface area contributed by atoms with Crippen LogP contribution in [0.15, 0.2) is 59.1 Å². The molecule has 0 fully saturated rings. The lowest BCUT2D eigenvalue weighted by Gasteiger charge is -2.13. The zero-order valence-corrected chi connectivity index (χ0v) is 13.5. The number of halogens is 2. The number of hydrogen-bond donors (Lipinski definition) is 0. The van der Waals surface area contributed by atoms with E-state index in [1.54, 1.807) is 6.92 Å². The molecule has 0 spiro atoms. The molecule has 1 heterocycles. The van der Waals surface area contributed by atoms with Crippen molar-refractivity contribution >= 4 is 15.9 Å². The number of hydrogen-bond acceptors (Lipinski definition) is 0. The molecule has 21 heavy (non-hydrogen) atoms. The third-order valence-electron chi connectivity index (χ3n) is 3.62. The van der Waals surface area contributed by atoms with E-state index in [4.69, 9.17) is 0 Å². The summed E-state index contributed by atoms with van der Waals surface area (Å²) in [7, 11) is 0. The van der Waals surface area contributed by atoms with Crippen LogP contribution in [0.5, 0.6) is 0 Å². The minimum absolute atomic E-state index is 0.172. The molecule has 0 saturated heterocycles. The fourth-order valence-corrected chi connectivity index (χ4v) is 2.76. The van der Waals surface area contributed by atoms with Crippen LogP contribution in [0.2, 0.25) is 0 Å². The van der Waals surface area contributed by atoms with E-state index in [-0.39, 0.29) is 5.82 Å². The van der Waals surface area contributed by atoms with E-state index in [0.717, 1.165) is 27.1 Å². The van der Waals surface area contributed by atoms with Crippen molar-refractivity contribution in [1.29, 1.82) is 0 Å². The van der Waals surface area contributed by atoms with Gasteiger partial charge in [-0.1, -0.05) is 28.1 Å². The Hall–Kier alpha value is -1.87. The largest absolute Gasteiger partial charge is 0.314 e. The fraction of sp³-hybridized carbons (Fsp3) is 0.111. The van der Waals surface area contributed by atoms with Crippen molar-refractivity contribution in [2.75, 3.05) is 0 Å². The third kappa shape index (κ3) is 2.66. The summed E-state index contributed by atoms with van der Waals surface area (Å²) >= 11 is 3.46. The van der Waals surface area contributed by atoms with Crippen LogP contribution in [0.1, 0.15) is 11.3 Å². The second-order valence-corrected chi connectivity index (χ2v) is 6.05. The fourth-order valence-electron chi connectivity index (χ4n) is 2.50. The molecule has 3 heteroatoms. The summed E-state index contributed by atoms with van der Waals surface area (Å²) in [5.41, 5.74) is 5.00. The molecule has 0 aliphatic rings. The van der Waals surface area contributed by atoms with Crippen molar-refractivity contribution in [3.05, 3.63) is 76.1 Å². The highest BCUT2D eigenvalue weighted by Crippen LogP contribution is 2.28. The van der Waals surface area contributed by atoms with E-state index in [2.05, 4.69) is 51.7 Å². The Bertz CT molecular complexity index is 787. The van der Waals surface area contributed by atoms with Crippen LogP contribution in [0, 0.1) is 19.7 Å². The monoisotopic (exact) mass is 343 g/mol. The van der Waals surface area contributed by atoms with E-state index in [1.165, 1.54) is 6.07 Å². The van der Waals surface area contributed by atoms with Gasteiger partial charge in [0.25, 0.3) is 0 Å². The second kappa shape index (κ2) is 5.49. The van der Waals surface area contributed by atoms with Crippen molar-refractivity contribution < 1.29 is 4.39 Å². The molecule has 106 valence electrons. The van der Waals surface area contributed by atoms with Gasteiger partial charge in [0.2, 0.25) is 0 Å². The molecule has 2 aromatic carbocycles. The van der Waals surface area contributed by atoms with Gasteiger partial charge in [0.15, 0.2) is 0 Å². The van der Waals surface area contributed by atoms with E-state index in [1.807, 2.05) is 24.3 Å². The summed E-state index contributed by atoms with van der Waals surface area (Å²) in [5.74, 6) is -0.172. The smallest absolute Gasteiger partial charge is 0.126 e. The van der Waals surface area contributed by atoms with Crippen LogP contribution >= 0.6 is 15.9 Å². The lowest BCUT2D eigenvalue weighted by Crippen LogP contribution is -2.00. The van der Waals surface area contributed by atoms with Gasteiger partial charge in [-0.15, -0.1) is 0 Å². The van der Waals surface area contributed by atoms with Gasteiger partial charge in [0, 0.05) is 15.9 Å². The highest BCUT2D eigenvalue weighted by molar-refractivity contribution is 9.10. The molecular weight excluding hydrogens is 329 g/mol. The SMILES string of the molecule is Cc1cc(-n2c(C)ccc2-c2ccc(Br)cc2)ccc1F. The predicted octanol–water partition coefficient (Wildman–Crippen LogP) is 5.66. The van der Waals surface area contributed by atoms with Gasteiger partial charge < -0.3 is 4.57 Å². The molecule has 0 aliphatic carbocycles. The Kier molecular flexibility index (Phi) is 3.68. The Morgan fingerprint density at radius 2 is 1.62 bits per heavy atom. The van der Waals surface area contributed by atoms with Gasteiger partial charge in [-0.3, -0.25) is 0 Å². The van der Waals surface area contributed by atoms with Crippen LogP contribution in [-0.4, -0.2) is 4.57 Å². The minimum atomic E-state index is -0.172. The zero-order valence-electron chi connectivity index (χ0n) is 11.9. The first-order valence-electron chi connectivity index (χ1n) is 6.77. The second-order valence-electron chi connectivity index (χ2n) is 5.14. The normalized spacial score (nSPS) is 10.9. The van der Waals surface area contributed by atoms with Gasteiger partial charge in [-0.25, -0.2) is 4.39 Å². The standard InChI is InChI=1S/C18H15BrFN/c1-12-11-16(8-9-17(12)20)21-13(2)3-10-18(21)14-4-6-15(19)7-5-14/h3-11H,1-2H3. The lowest BCUT2D eigenvalue weighted by molar-refractivity contribution is 0.618. The van der Waals surface area contributed by atoms with Gasteiger partial charge in [0.1, 0.15) is 5.82 Å². The van der Waals surface area contributed by atoms with Crippen molar-refractivity contribution in [3.63, 3.8) is 0 Å². The predicted molar refractivity (Wildman–Crippen MR) is 88.3 cm³/mol. The quantitative estimate of drug-likeness (QED) is 0.565. The Balaban J connectivity index is 2.16. The summed E-state index contributed by atoms with van der Waals surface area (Å²) in [6.07, 6.45) is 0. The lowest BCUT2D eigenvalue weighted by atomic mass is 10.1. The summed E-state index contributed by atoms with van der Waals surface area (Å²) in [4.78, 5) is 0. The highest BCUT2D eigenvalue weighted by atomic mass is 79.9. The summed E-state index contributed by atoms with van der Waals surface area (Å²) in [6.45, 7) is 3.85. The average Bonchev–Trinajstić information content (AvgIpc) is 2.85. The Morgan fingerprint density at radius 3 is 2.29 bits per heavy atom. The third-order valence-corrected chi connectivity index (χ3v) is 4.14. The molecule has 3 rings (SSSR count). The van der Waals surface area contributed by atoms with Crippen molar-refractivity contribution in [2.45, 2.75) is 13.8 Å². The summed E-state index contributed by atoms with van der Waals surface area (Å²) in [6, 6.07) is 17.6. The Morgan fingerprint density at radius 1 is 0.905 bits per heavy atom. The number of benzene rings is 2. The van der Waals surface area contributed by atoms with Crippen LogP contribution in [-0.2, 0) is 0 Å². The van der Waals surface area contributed by atoms with Crippen molar-refractivity contribution in [3.8, 4) is 16.9 Å². The van der Waals surface area contributed by atoms with Gasteiger partial charge in [0.05, 0.1) is 5.69 Å². The molecule has 0 saturated carbocycles. The van der Waals surface area contributed by atoms with Crippen LogP contribution in [0.25, 0.3) is 16.9 Å². The molecule has 0 radical (unpaired) electrons. The van der Waals surface area contributed by atoms with E-state index < -0.39 is 0 Å². The first-order valence-corrected chi connectivity index (χ1v) is 7.56. The molecule has 0 amide bonds. The molecule has 0 unspecified atom stereocenters. The molecule has 0 atom stereocenters. The maximum absolute atomic E-state index is 13.5. The van der Waals surface area contributed by atoms with Gasteiger partial charge in [-0.2, -0.15) is 0 Å². The van der Waals surface area contributed by atoms with E-state index >= 15 is 0 Å². The maximum Gasteiger partial charge on any atom is 0.126 e. The minimum Gasteiger partial charge on any atom is -0.314 e. The van der Waals surface area contributed by atoms with Crippen LogP contribution < -0.4 is 0 Å². The summed E-state index contributed by atoms with van der Waals surface area (Å²) < 4.78 is 16.7. The molecule has 3 aromatic rings. The van der Waals surface area contributed by atoms with Crippen LogP contribution in [0.3, 0.4) is 0 Å². The number of aryl methyl sites for hydroxylation is 2. The number of aromatic nitrogens is 1. The van der Waals surface area contributed by atoms with Crippen LogP contribution in [0.4, 0.5) is 4.39 Å². The molecule has 0 N–H and O–H groups in total. The van der Waals surface area contributed by atoms with Gasteiger partial charge >= 0.3 is 0 Å². The first kappa shape index (κ1) is 14.1. The highest BCUT2D eigenvalue weighted by Gasteiger charge is 2.10. The molecule has 0 aliphatic heterocycles. The number of nitrogens with zero attached hydrogens (tertiary/aromatic N) is 1. The van der Waals surface area contributed by atoms with E-state index in [9.17, 15) is 4.39 Å². The molecule has 1 aromatic heterocycles. The molecule has 1 nitrogen and oxygen atoms in total. The number of rotatable bonds is 2. The zero-order chi connectivity index (χ0) is 15.0. The topological polar surface area (TPSA) is 4.93 Å². The summed E-state index contributed by atoms with van der Waals surface area (Å²) in [5, 5.41) is 0. The van der Waals surface area contributed by atoms with Gasteiger partial charge in [-0.05, 0) is 67.4 Å². The first-order chi connectivity index (χ1) is 10.1. The Labute approximate surface area is 132 Å². The maximum atomic E-state index is 13.5. The molecular formula is C18H15BrFN.